The maximum atomic E-state index is 12.5. The van der Waals surface area contributed by atoms with Crippen molar-refractivity contribution in [3.63, 3.8) is 0 Å². The summed E-state index contributed by atoms with van der Waals surface area (Å²) in [6, 6.07) is 2.60. The molecule has 1 fully saturated rings. The smallest absolute Gasteiger partial charge is 0.262 e. The number of rotatable bonds is 2. The Kier molecular flexibility index (Phi) is 4.65. The van der Waals surface area contributed by atoms with Crippen LogP contribution < -0.4 is 0 Å². The molecule has 1 saturated heterocycles. The molecule has 0 aromatic heterocycles. The molecule has 0 radical (unpaired) electrons. The lowest BCUT2D eigenvalue weighted by Gasteiger charge is -2.20. The van der Waals surface area contributed by atoms with E-state index in [1.807, 2.05) is 0 Å². The van der Waals surface area contributed by atoms with Crippen LogP contribution in [0.3, 0.4) is 0 Å². The van der Waals surface area contributed by atoms with Crippen LogP contribution in [0.5, 0.6) is 0 Å². The van der Waals surface area contributed by atoms with E-state index >= 15 is 0 Å². The van der Waals surface area contributed by atoms with Gasteiger partial charge in [-0.05, 0) is 39.9 Å². The van der Waals surface area contributed by atoms with Gasteiger partial charge in [0.05, 0.1) is 15.5 Å². The summed E-state index contributed by atoms with van der Waals surface area (Å²) in [7, 11) is 1.42. The summed E-state index contributed by atoms with van der Waals surface area (Å²) in [5.41, 5.74) is 0.204. The van der Waals surface area contributed by atoms with E-state index in [4.69, 9.17) is 22.3 Å². The second-order valence-corrected chi connectivity index (χ2v) is 9.64. The van der Waals surface area contributed by atoms with E-state index in [1.54, 1.807) is 4.90 Å². The number of likely N-dealkylation sites (tertiary alicyclic amines) is 1. The lowest BCUT2D eigenvalue weighted by atomic mass is 9.93. The molecule has 1 aliphatic rings. The first kappa shape index (κ1) is 17.1. The maximum absolute atomic E-state index is 12.5. The monoisotopic (exact) mass is 413 g/mol. The normalized spacial score (nSPS) is 18.0. The Balaban J connectivity index is 2.43. The number of halogens is 3. The molecule has 0 unspecified atom stereocenters. The van der Waals surface area contributed by atoms with E-state index in [0.717, 1.165) is 6.42 Å². The van der Waals surface area contributed by atoms with Gasteiger partial charge in [0.1, 0.15) is 0 Å². The maximum Gasteiger partial charge on any atom is 0.262 e. The van der Waals surface area contributed by atoms with Gasteiger partial charge in [0.25, 0.3) is 15.0 Å². The molecule has 0 aliphatic carbocycles. The first-order valence-corrected chi connectivity index (χ1v) is 9.72. The van der Waals surface area contributed by atoms with Crippen LogP contribution in [0.1, 0.15) is 30.6 Å². The SMILES string of the molecule is CC1(C)CCN(C(=O)c2cc(S(=O)(=O)Cl)c(Br)cc2Cl)C1. The highest BCUT2D eigenvalue weighted by Gasteiger charge is 2.33. The molecule has 116 valence electrons. The summed E-state index contributed by atoms with van der Waals surface area (Å²) in [4.78, 5) is 14.1. The number of hydrogen-bond acceptors (Lipinski definition) is 3. The second kappa shape index (κ2) is 5.72. The van der Waals surface area contributed by atoms with Crippen LogP contribution >= 0.6 is 38.2 Å². The molecule has 1 aromatic carbocycles. The molecule has 0 spiro atoms. The zero-order valence-corrected chi connectivity index (χ0v) is 15.4. The van der Waals surface area contributed by atoms with Crippen molar-refractivity contribution in [1.82, 2.24) is 4.90 Å². The second-order valence-electron chi connectivity index (χ2n) is 5.84. The summed E-state index contributed by atoms with van der Waals surface area (Å²) in [6.45, 7) is 5.40. The number of carbonyl (C=O) groups is 1. The van der Waals surface area contributed by atoms with Crippen LogP contribution in [-0.4, -0.2) is 32.3 Å². The van der Waals surface area contributed by atoms with Crippen LogP contribution in [-0.2, 0) is 9.05 Å². The Morgan fingerprint density at radius 2 is 2.00 bits per heavy atom. The average molecular weight is 415 g/mol. The first-order valence-electron chi connectivity index (χ1n) is 6.24. The van der Waals surface area contributed by atoms with Gasteiger partial charge in [-0.15, -0.1) is 0 Å². The predicted molar refractivity (Wildman–Crippen MR) is 86.5 cm³/mol. The van der Waals surface area contributed by atoms with Crippen molar-refractivity contribution in [2.45, 2.75) is 25.2 Å². The molecule has 0 N–H and O–H groups in total. The highest BCUT2D eigenvalue weighted by Crippen LogP contribution is 2.34. The number of nitrogens with zero attached hydrogens (tertiary/aromatic N) is 1. The Labute approximate surface area is 142 Å². The Morgan fingerprint density at radius 3 is 2.48 bits per heavy atom. The van der Waals surface area contributed by atoms with Crippen LogP contribution in [0.15, 0.2) is 21.5 Å². The van der Waals surface area contributed by atoms with E-state index in [0.29, 0.717) is 13.1 Å². The van der Waals surface area contributed by atoms with Gasteiger partial charge in [0.2, 0.25) is 0 Å². The van der Waals surface area contributed by atoms with Crippen LogP contribution in [0.25, 0.3) is 0 Å². The van der Waals surface area contributed by atoms with Crippen molar-refractivity contribution in [2.24, 2.45) is 5.41 Å². The molecule has 0 saturated carbocycles. The molecule has 21 heavy (non-hydrogen) atoms. The van der Waals surface area contributed by atoms with E-state index in [2.05, 4.69) is 29.8 Å². The molecular weight excluding hydrogens is 401 g/mol. The predicted octanol–water partition coefficient (Wildman–Crippen LogP) is 3.90. The van der Waals surface area contributed by atoms with Crippen molar-refractivity contribution in [2.75, 3.05) is 13.1 Å². The van der Waals surface area contributed by atoms with Crippen molar-refractivity contribution in [3.05, 3.63) is 27.2 Å². The van der Waals surface area contributed by atoms with Gasteiger partial charge in [-0.3, -0.25) is 4.79 Å². The Hall–Kier alpha value is -0.300. The van der Waals surface area contributed by atoms with E-state index in [-0.39, 0.29) is 31.3 Å². The van der Waals surface area contributed by atoms with Gasteiger partial charge >= 0.3 is 0 Å². The summed E-state index contributed by atoms with van der Waals surface area (Å²) in [5.74, 6) is -0.278. The fraction of sp³-hybridized carbons (Fsp3) is 0.462. The van der Waals surface area contributed by atoms with Crippen LogP contribution in [0, 0.1) is 5.41 Å². The quantitative estimate of drug-likeness (QED) is 0.689. The van der Waals surface area contributed by atoms with Gasteiger partial charge in [-0.2, -0.15) is 0 Å². The molecule has 1 aromatic rings. The van der Waals surface area contributed by atoms with Crippen molar-refractivity contribution < 1.29 is 13.2 Å². The summed E-state index contributed by atoms with van der Waals surface area (Å²) >= 11 is 9.18. The number of benzene rings is 1. The van der Waals surface area contributed by atoms with E-state index in [9.17, 15) is 13.2 Å². The number of carbonyl (C=O) groups excluding carboxylic acids is 1. The topological polar surface area (TPSA) is 54.5 Å². The Morgan fingerprint density at radius 1 is 1.38 bits per heavy atom. The fourth-order valence-corrected chi connectivity index (χ4v) is 4.91. The minimum Gasteiger partial charge on any atom is -0.338 e. The average Bonchev–Trinajstić information content (AvgIpc) is 2.67. The molecule has 1 heterocycles. The highest BCUT2D eigenvalue weighted by molar-refractivity contribution is 9.10. The lowest BCUT2D eigenvalue weighted by molar-refractivity contribution is 0.0778. The van der Waals surface area contributed by atoms with Gasteiger partial charge in [0.15, 0.2) is 0 Å². The minimum atomic E-state index is -3.96. The number of hydrogen-bond donors (Lipinski definition) is 0. The zero-order valence-electron chi connectivity index (χ0n) is 11.5. The fourth-order valence-electron chi connectivity index (χ4n) is 2.34. The van der Waals surface area contributed by atoms with Gasteiger partial charge in [-0.25, -0.2) is 8.42 Å². The molecular formula is C13H14BrCl2NO3S. The summed E-state index contributed by atoms with van der Waals surface area (Å²) < 4.78 is 23.3. The van der Waals surface area contributed by atoms with Crippen LogP contribution in [0.4, 0.5) is 0 Å². The van der Waals surface area contributed by atoms with E-state index < -0.39 is 9.05 Å². The summed E-state index contributed by atoms with van der Waals surface area (Å²) in [5, 5.41) is 0.195. The van der Waals surface area contributed by atoms with Crippen molar-refractivity contribution in [3.8, 4) is 0 Å². The Bertz CT molecular complexity index is 704. The number of amides is 1. The molecule has 0 atom stereocenters. The summed E-state index contributed by atoms with van der Waals surface area (Å²) in [6.07, 6.45) is 0.896. The van der Waals surface area contributed by atoms with Crippen LogP contribution in [0.2, 0.25) is 5.02 Å². The standard InChI is InChI=1S/C13H14BrCl2NO3S/c1-13(2)3-4-17(7-13)12(18)8-5-11(21(16,19)20)9(14)6-10(8)15/h5-6H,3-4,7H2,1-2H3. The zero-order chi connectivity index (χ0) is 16.0. The van der Waals surface area contributed by atoms with Gasteiger partial charge in [-0.1, -0.05) is 25.4 Å². The van der Waals surface area contributed by atoms with Crippen molar-refractivity contribution >= 4 is 53.2 Å². The largest absolute Gasteiger partial charge is 0.338 e. The van der Waals surface area contributed by atoms with E-state index in [1.165, 1.54) is 12.1 Å². The first-order chi connectivity index (χ1) is 9.51. The highest BCUT2D eigenvalue weighted by atomic mass is 79.9. The lowest BCUT2D eigenvalue weighted by Crippen LogP contribution is -2.30. The third-order valence-electron chi connectivity index (χ3n) is 3.48. The molecule has 1 aliphatic heterocycles. The molecule has 2 rings (SSSR count). The van der Waals surface area contributed by atoms with Gasteiger partial charge in [0, 0.05) is 28.2 Å². The minimum absolute atomic E-state index is 0.0545. The molecule has 8 heteroatoms. The molecule has 1 amide bonds. The van der Waals surface area contributed by atoms with Crippen molar-refractivity contribution in [1.29, 1.82) is 0 Å². The molecule has 0 bridgehead atoms. The molecule has 4 nitrogen and oxygen atoms in total. The van der Waals surface area contributed by atoms with Gasteiger partial charge < -0.3 is 4.90 Å². The third-order valence-corrected chi connectivity index (χ3v) is 6.07. The third kappa shape index (κ3) is 3.73.